The van der Waals surface area contributed by atoms with Gasteiger partial charge in [-0.3, -0.25) is 9.59 Å². The normalized spacial score (nSPS) is 11.1. The molecular weight excluding hydrogens is 378 g/mol. The largest absolute Gasteiger partial charge is 0.480 e. The van der Waals surface area contributed by atoms with E-state index < -0.39 is 18.4 Å². The van der Waals surface area contributed by atoms with E-state index in [1.54, 1.807) is 10.8 Å². The molecule has 3 aromatic carbocycles. The van der Waals surface area contributed by atoms with Gasteiger partial charge in [0.05, 0.1) is 11.4 Å². The zero-order chi connectivity index (χ0) is 20.9. The Morgan fingerprint density at radius 3 is 2.47 bits per heavy atom. The van der Waals surface area contributed by atoms with Crippen molar-refractivity contribution in [1.29, 1.82) is 0 Å². The van der Waals surface area contributed by atoms with E-state index in [1.807, 2.05) is 66.9 Å². The molecule has 0 unspecified atom stereocenters. The van der Waals surface area contributed by atoms with Crippen molar-refractivity contribution in [2.45, 2.75) is 0 Å². The zero-order valence-electron chi connectivity index (χ0n) is 16.0. The molecule has 0 aliphatic heterocycles. The highest BCUT2D eigenvalue weighted by Crippen LogP contribution is 2.28. The zero-order valence-corrected chi connectivity index (χ0v) is 16.0. The first-order valence-corrected chi connectivity index (χ1v) is 9.42. The number of amides is 1. The van der Waals surface area contributed by atoms with Gasteiger partial charge in [-0.25, -0.2) is 4.68 Å². The van der Waals surface area contributed by atoms with Crippen molar-refractivity contribution < 1.29 is 14.7 Å². The highest BCUT2D eigenvalue weighted by Gasteiger charge is 2.12. The predicted octanol–water partition coefficient (Wildman–Crippen LogP) is 3.91. The van der Waals surface area contributed by atoms with Gasteiger partial charge in [0.1, 0.15) is 6.54 Å². The Morgan fingerprint density at radius 2 is 1.70 bits per heavy atom. The lowest BCUT2D eigenvalue weighted by atomic mass is 10.0. The quantitative estimate of drug-likeness (QED) is 0.483. The Balaban J connectivity index is 1.74. The van der Waals surface area contributed by atoms with Crippen LogP contribution in [0.1, 0.15) is 5.56 Å². The molecule has 0 radical (unpaired) electrons. The van der Waals surface area contributed by atoms with E-state index in [-0.39, 0.29) is 0 Å². The van der Waals surface area contributed by atoms with E-state index >= 15 is 0 Å². The minimum absolute atomic E-state index is 0.427. The molecule has 0 bridgehead atoms. The van der Waals surface area contributed by atoms with Crippen LogP contribution in [-0.2, 0) is 9.59 Å². The van der Waals surface area contributed by atoms with Crippen molar-refractivity contribution in [3.63, 3.8) is 0 Å². The first-order chi connectivity index (χ1) is 14.6. The van der Waals surface area contributed by atoms with E-state index in [2.05, 4.69) is 17.4 Å². The van der Waals surface area contributed by atoms with Gasteiger partial charge in [0.2, 0.25) is 5.91 Å². The smallest absolute Gasteiger partial charge is 0.322 e. The molecule has 0 aliphatic carbocycles. The number of aromatic nitrogens is 2. The number of para-hydroxylation sites is 1. The van der Waals surface area contributed by atoms with Gasteiger partial charge in [0.15, 0.2) is 0 Å². The second-order valence-electron chi connectivity index (χ2n) is 6.72. The molecular formula is C24H19N3O3. The fraction of sp³-hybridized carbons (Fsp3) is 0.0417. The Hall–Kier alpha value is -4.19. The number of nitrogens with zero attached hydrogens (tertiary/aromatic N) is 2. The van der Waals surface area contributed by atoms with Gasteiger partial charge in [-0.15, -0.1) is 0 Å². The number of hydrogen-bond donors (Lipinski definition) is 2. The van der Waals surface area contributed by atoms with Crippen LogP contribution in [0.2, 0.25) is 0 Å². The molecule has 30 heavy (non-hydrogen) atoms. The van der Waals surface area contributed by atoms with E-state index in [9.17, 15) is 9.59 Å². The molecule has 0 aliphatic rings. The van der Waals surface area contributed by atoms with E-state index in [1.165, 1.54) is 6.08 Å². The summed E-state index contributed by atoms with van der Waals surface area (Å²) in [5, 5.41) is 18.0. The van der Waals surface area contributed by atoms with Crippen LogP contribution >= 0.6 is 0 Å². The first-order valence-electron chi connectivity index (χ1n) is 9.42. The Bertz CT molecular complexity index is 1240. The fourth-order valence-corrected chi connectivity index (χ4v) is 3.17. The Kier molecular flexibility index (Phi) is 5.39. The summed E-state index contributed by atoms with van der Waals surface area (Å²) in [6.07, 6.45) is 4.81. The third-order valence-corrected chi connectivity index (χ3v) is 4.61. The fourth-order valence-electron chi connectivity index (χ4n) is 3.17. The molecule has 0 saturated heterocycles. The number of benzene rings is 3. The van der Waals surface area contributed by atoms with Crippen molar-refractivity contribution in [1.82, 2.24) is 15.1 Å². The van der Waals surface area contributed by atoms with Crippen molar-refractivity contribution in [2.24, 2.45) is 0 Å². The second kappa shape index (κ2) is 8.45. The number of carbonyl (C=O) groups excluding carboxylic acids is 1. The molecule has 0 saturated carbocycles. The second-order valence-corrected chi connectivity index (χ2v) is 6.72. The van der Waals surface area contributed by atoms with Crippen molar-refractivity contribution in [3.05, 3.63) is 90.6 Å². The van der Waals surface area contributed by atoms with Crippen LogP contribution in [0.5, 0.6) is 0 Å². The lowest BCUT2D eigenvalue weighted by Crippen LogP contribution is -2.27. The molecule has 1 heterocycles. The van der Waals surface area contributed by atoms with Crippen LogP contribution in [0.3, 0.4) is 0 Å². The summed E-state index contributed by atoms with van der Waals surface area (Å²) in [6.45, 7) is -0.427. The standard InChI is InChI=1S/C24H19N3O3/c28-22(25-15-23(29)30)13-12-20-16-27(21-8-2-1-3-9-21)26-24(20)19-11-10-17-6-4-5-7-18(17)14-19/h1-14,16H,15H2,(H,25,28)(H,29,30). The molecule has 1 aromatic heterocycles. The van der Waals surface area contributed by atoms with E-state index in [0.29, 0.717) is 0 Å². The van der Waals surface area contributed by atoms with Crippen LogP contribution in [0.25, 0.3) is 33.8 Å². The maximum absolute atomic E-state index is 11.9. The molecule has 148 valence electrons. The van der Waals surface area contributed by atoms with Gasteiger partial charge in [0, 0.05) is 23.4 Å². The van der Waals surface area contributed by atoms with Crippen LogP contribution in [0.15, 0.2) is 85.1 Å². The van der Waals surface area contributed by atoms with Gasteiger partial charge in [-0.05, 0) is 35.0 Å². The predicted molar refractivity (Wildman–Crippen MR) is 116 cm³/mol. The number of carbonyl (C=O) groups is 2. The van der Waals surface area contributed by atoms with Crippen molar-refractivity contribution >= 4 is 28.7 Å². The number of carboxylic acid groups (broad SMARTS) is 1. The number of hydrogen-bond acceptors (Lipinski definition) is 3. The van der Waals surface area contributed by atoms with Crippen LogP contribution < -0.4 is 5.32 Å². The van der Waals surface area contributed by atoms with Gasteiger partial charge >= 0.3 is 5.97 Å². The summed E-state index contributed by atoms with van der Waals surface area (Å²) in [5.41, 5.74) is 3.30. The minimum atomic E-state index is -1.09. The van der Waals surface area contributed by atoms with E-state index in [4.69, 9.17) is 10.2 Å². The van der Waals surface area contributed by atoms with Crippen molar-refractivity contribution in [2.75, 3.05) is 6.54 Å². The summed E-state index contributed by atoms with van der Waals surface area (Å²) in [6, 6.07) is 23.9. The molecule has 6 heteroatoms. The number of nitrogens with one attached hydrogen (secondary N) is 1. The van der Waals surface area contributed by atoms with Gasteiger partial charge < -0.3 is 10.4 Å². The summed E-state index contributed by atoms with van der Waals surface area (Å²) < 4.78 is 1.76. The lowest BCUT2D eigenvalue weighted by molar-refractivity contribution is -0.137. The topological polar surface area (TPSA) is 84.2 Å². The van der Waals surface area contributed by atoms with Crippen LogP contribution in [-0.4, -0.2) is 33.3 Å². The number of rotatable bonds is 6. The maximum Gasteiger partial charge on any atom is 0.322 e. The molecule has 4 rings (SSSR count). The lowest BCUT2D eigenvalue weighted by Gasteiger charge is -2.03. The minimum Gasteiger partial charge on any atom is -0.480 e. The maximum atomic E-state index is 11.9. The summed E-state index contributed by atoms with van der Waals surface area (Å²) in [4.78, 5) is 22.6. The average Bonchev–Trinajstić information content (AvgIpc) is 3.21. The highest BCUT2D eigenvalue weighted by molar-refractivity contribution is 5.95. The van der Waals surface area contributed by atoms with Crippen LogP contribution in [0.4, 0.5) is 0 Å². The molecule has 0 spiro atoms. The third-order valence-electron chi connectivity index (χ3n) is 4.61. The van der Waals surface area contributed by atoms with Crippen molar-refractivity contribution in [3.8, 4) is 16.9 Å². The number of aliphatic carboxylic acids is 1. The number of fused-ring (bicyclic) bond motifs is 1. The number of carboxylic acids is 1. The van der Waals surface area contributed by atoms with Gasteiger partial charge in [0.25, 0.3) is 0 Å². The van der Waals surface area contributed by atoms with Gasteiger partial charge in [-0.2, -0.15) is 5.10 Å². The molecule has 2 N–H and O–H groups in total. The summed E-state index contributed by atoms with van der Waals surface area (Å²) >= 11 is 0. The third kappa shape index (κ3) is 4.28. The molecule has 0 fully saturated rings. The summed E-state index contributed by atoms with van der Waals surface area (Å²) in [5.74, 6) is -1.57. The molecule has 0 atom stereocenters. The molecule has 4 aromatic rings. The summed E-state index contributed by atoms with van der Waals surface area (Å²) in [7, 11) is 0. The van der Waals surface area contributed by atoms with Crippen LogP contribution in [0, 0.1) is 0 Å². The SMILES string of the molecule is O=C(O)CNC(=O)C=Cc1cn(-c2ccccc2)nc1-c1ccc2ccccc2c1. The highest BCUT2D eigenvalue weighted by atomic mass is 16.4. The Labute approximate surface area is 173 Å². The molecule has 6 nitrogen and oxygen atoms in total. The first kappa shape index (κ1) is 19.1. The van der Waals surface area contributed by atoms with E-state index in [0.717, 1.165) is 33.3 Å². The monoisotopic (exact) mass is 397 g/mol. The van der Waals surface area contributed by atoms with Gasteiger partial charge in [-0.1, -0.05) is 54.6 Å². The Morgan fingerprint density at radius 1 is 0.967 bits per heavy atom. The average molecular weight is 397 g/mol. The molecule has 1 amide bonds.